The fourth-order valence-corrected chi connectivity index (χ4v) is 3.37. The Morgan fingerprint density at radius 1 is 1.18 bits per heavy atom. The summed E-state index contributed by atoms with van der Waals surface area (Å²) in [7, 11) is 0. The van der Waals surface area contributed by atoms with Crippen LogP contribution in [-0.4, -0.2) is 43.1 Å². The number of carbonyl (C=O) groups is 1. The summed E-state index contributed by atoms with van der Waals surface area (Å²) in [6, 6.07) is 5.45. The van der Waals surface area contributed by atoms with Crippen molar-refractivity contribution in [1.82, 2.24) is 10.2 Å². The van der Waals surface area contributed by atoms with E-state index in [1.165, 1.54) is 6.42 Å². The van der Waals surface area contributed by atoms with Crippen LogP contribution in [-0.2, 0) is 0 Å². The first kappa shape index (κ1) is 15.6. The molecule has 0 atom stereocenters. The van der Waals surface area contributed by atoms with E-state index in [-0.39, 0.29) is 12.0 Å². The highest BCUT2D eigenvalue weighted by Crippen LogP contribution is 2.26. The van der Waals surface area contributed by atoms with E-state index in [4.69, 9.17) is 16.3 Å². The number of hydrogen-bond donors (Lipinski definition) is 1. The van der Waals surface area contributed by atoms with E-state index in [1.807, 2.05) is 11.0 Å². The lowest BCUT2D eigenvalue weighted by atomic mass is 10.1. The topological polar surface area (TPSA) is 41.6 Å². The van der Waals surface area contributed by atoms with Crippen molar-refractivity contribution in [3.05, 3.63) is 28.8 Å². The number of hydrogen-bond acceptors (Lipinski definition) is 3. The molecule has 0 saturated carbocycles. The highest BCUT2D eigenvalue weighted by atomic mass is 35.5. The fourth-order valence-electron chi connectivity index (χ4n) is 3.12. The summed E-state index contributed by atoms with van der Waals surface area (Å²) in [6.07, 6.45) is 5.63. The molecule has 0 radical (unpaired) electrons. The number of ether oxygens (including phenoxy) is 1. The molecule has 0 bridgehead atoms. The molecule has 22 heavy (non-hydrogen) atoms. The third kappa shape index (κ3) is 3.73. The highest BCUT2D eigenvalue weighted by Gasteiger charge is 2.21. The lowest BCUT2D eigenvalue weighted by Gasteiger charge is -2.27. The lowest BCUT2D eigenvalue weighted by Crippen LogP contribution is -2.35. The van der Waals surface area contributed by atoms with Gasteiger partial charge in [0, 0.05) is 13.1 Å². The first-order valence-corrected chi connectivity index (χ1v) is 8.58. The van der Waals surface area contributed by atoms with Gasteiger partial charge in [-0.05, 0) is 63.4 Å². The summed E-state index contributed by atoms with van der Waals surface area (Å²) in [5.41, 5.74) is 0.584. The molecule has 2 aliphatic heterocycles. The van der Waals surface area contributed by atoms with Crippen LogP contribution in [0.1, 0.15) is 42.5 Å². The lowest BCUT2D eigenvalue weighted by molar-refractivity contribution is 0.0724. The maximum atomic E-state index is 12.5. The van der Waals surface area contributed by atoms with Crippen LogP contribution >= 0.6 is 11.6 Å². The van der Waals surface area contributed by atoms with Crippen molar-refractivity contribution >= 4 is 17.5 Å². The molecule has 2 fully saturated rings. The van der Waals surface area contributed by atoms with E-state index >= 15 is 0 Å². The van der Waals surface area contributed by atoms with Gasteiger partial charge in [-0.3, -0.25) is 4.79 Å². The SMILES string of the molecule is O=C(c1ccc(OC2CCNCC2)cc1Cl)N1CCCCC1. The number of benzene rings is 1. The zero-order valence-corrected chi connectivity index (χ0v) is 13.6. The number of piperidine rings is 2. The van der Waals surface area contributed by atoms with Crippen molar-refractivity contribution < 1.29 is 9.53 Å². The average Bonchev–Trinajstić information content (AvgIpc) is 2.56. The fraction of sp³-hybridized carbons (Fsp3) is 0.588. The van der Waals surface area contributed by atoms with E-state index in [0.29, 0.717) is 10.6 Å². The van der Waals surface area contributed by atoms with Crippen LogP contribution in [0.25, 0.3) is 0 Å². The van der Waals surface area contributed by atoms with Crippen LogP contribution in [0, 0.1) is 0 Å². The second kappa shape index (κ2) is 7.34. The minimum Gasteiger partial charge on any atom is -0.490 e. The molecule has 0 aliphatic carbocycles. The van der Waals surface area contributed by atoms with E-state index in [2.05, 4.69) is 5.32 Å². The smallest absolute Gasteiger partial charge is 0.255 e. The molecule has 2 saturated heterocycles. The maximum absolute atomic E-state index is 12.5. The molecule has 5 heteroatoms. The number of nitrogens with one attached hydrogen (secondary N) is 1. The third-order valence-electron chi connectivity index (χ3n) is 4.40. The largest absolute Gasteiger partial charge is 0.490 e. The Morgan fingerprint density at radius 3 is 2.59 bits per heavy atom. The van der Waals surface area contributed by atoms with Crippen LogP contribution in [0.2, 0.25) is 5.02 Å². The van der Waals surface area contributed by atoms with Crippen molar-refractivity contribution in [2.45, 2.75) is 38.2 Å². The predicted octanol–water partition coefficient (Wildman–Crippen LogP) is 3.10. The first-order valence-electron chi connectivity index (χ1n) is 8.20. The molecule has 1 aromatic rings. The zero-order valence-electron chi connectivity index (χ0n) is 12.8. The van der Waals surface area contributed by atoms with Gasteiger partial charge in [-0.15, -0.1) is 0 Å². The molecule has 0 aromatic heterocycles. The van der Waals surface area contributed by atoms with Gasteiger partial charge < -0.3 is 15.0 Å². The molecule has 2 heterocycles. The third-order valence-corrected chi connectivity index (χ3v) is 4.72. The molecular weight excluding hydrogens is 300 g/mol. The van der Waals surface area contributed by atoms with Gasteiger partial charge >= 0.3 is 0 Å². The van der Waals surface area contributed by atoms with Crippen molar-refractivity contribution in [3.63, 3.8) is 0 Å². The van der Waals surface area contributed by atoms with Crippen LogP contribution < -0.4 is 10.1 Å². The molecule has 3 rings (SSSR count). The average molecular weight is 323 g/mol. The van der Waals surface area contributed by atoms with Gasteiger partial charge in [0.15, 0.2) is 0 Å². The number of amides is 1. The zero-order chi connectivity index (χ0) is 15.4. The standard InChI is InChI=1S/C17H23ClN2O2/c18-16-12-14(22-13-6-8-19-9-7-13)4-5-15(16)17(21)20-10-2-1-3-11-20/h4-5,12-13,19H,1-3,6-11H2. The maximum Gasteiger partial charge on any atom is 0.255 e. The van der Waals surface area contributed by atoms with Crippen molar-refractivity contribution in [2.75, 3.05) is 26.2 Å². The van der Waals surface area contributed by atoms with Gasteiger partial charge in [0.2, 0.25) is 0 Å². The van der Waals surface area contributed by atoms with Gasteiger partial charge in [-0.1, -0.05) is 11.6 Å². The van der Waals surface area contributed by atoms with Gasteiger partial charge in [0.25, 0.3) is 5.91 Å². The minimum atomic E-state index is 0.0399. The van der Waals surface area contributed by atoms with Crippen LogP contribution in [0.4, 0.5) is 0 Å². The summed E-state index contributed by atoms with van der Waals surface area (Å²) in [4.78, 5) is 14.4. The number of rotatable bonds is 3. The van der Waals surface area contributed by atoms with Crippen LogP contribution in [0.5, 0.6) is 5.75 Å². The summed E-state index contributed by atoms with van der Waals surface area (Å²) in [5.74, 6) is 0.796. The predicted molar refractivity (Wildman–Crippen MR) is 87.7 cm³/mol. The van der Waals surface area contributed by atoms with Gasteiger partial charge in [-0.2, -0.15) is 0 Å². The molecule has 1 amide bonds. The Labute approximate surface area is 136 Å². The number of carbonyl (C=O) groups excluding carboxylic acids is 1. The highest BCUT2D eigenvalue weighted by molar-refractivity contribution is 6.34. The molecule has 120 valence electrons. The Morgan fingerprint density at radius 2 is 1.91 bits per heavy atom. The molecule has 1 aromatic carbocycles. The first-order chi connectivity index (χ1) is 10.7. The molecule has 2 aliphatic rings. The Hall–Kier alpha value is -1.26. The van der Waals surface area contributed by atoms with E-state index < -0.39 is 0 Å². The normalized spacial score (nSPS) is 20.0. The van der Waals surface area contributed by atoms with Gasteiger partial charge in [0.1, 0.15) is 11.9 Å². The molecule has 4 nitrogen and oxygen atoms in total. The molecule has 0 unspecified atom stereocenters. The monoisotopic (exact) mass is 322 g/mol. The second-order valence-corrected chi connectivity index (χ2v) is 6.47. The molecular formula is C17H23ClN2O2. The number of halogens is 1. The van der Waals surface area contributed by atoms with E-state index in [9.17, 15) is 4.79 Å². The quantitative estimate of drug-likeness (QED) is 0.929. The summed E-state index contributed by atoms with van der Waals surface area (Å²) in [6.45, 7) is 3.65. The van der Waals surface area contributed by atoms with Crippen molar-refractivity contribution in [1.29, 1.82) is 0 Å². The molecule has 0 spiro atoms. The number of likely N-dealkylation sites (tertiary alicyclic amines) is 1. The number of nitrogens with zero attached hydrogens (tertiary/aromatic N) is 1. The van der Waals surface area contributed by atoms with Crippen LogP contribution in [0.3, 0.4) is 0 Å². The summed E-state index contributed by atoms with van der Waals surface area (Å²) >= 11 is 6.32. The summed E-state index contributed by atoms with van der Waals surface area (Å²) < 4.78 is 5.97. The van der Waals surface area contributed by atoms with Crippen molar-refractivity contribution in [3.8, 4) is 5.75 Å². The molecule has 1 N–H and O–H groups in total. The minimum absolute atomic E-state index is 0.0399. The second-order valence-electron chi connectivity index (χ2n) is 6.06. The Balaban J connectivity index is 1.67. The van der Waals surface area contributed by atoms with Crippen molar-refractivity contribution in [2.24, 2.45) is 0 Å². The van der Waals surface area contributed by atoms with Gasteiger partial charge in [-0.25, -0.2) is 0 Å². The van der Waals surface area contributed by atoms with E-state index in [0.717, 1.165) is 57.6 Å². The van der Waals surface area contributed by atoms with E-state index in [1.54, 1.807) is 12.1 Å². The Bertz CT molecular complexity index is 523. The summed E-state index contributed by atoms with van der Waals surface area (Å²) in [5, 5.41) is 3.80. The Kier molecular flexibility index (Phi) is 5.21. The van der Waals surface area contributed by atoms with Gasteiger partial charge in [0.05, 0.1) is 10.6 Å². The van der Waals surface area contributed by atoms with Crippen LogP contribution in [0.15, 0.2) is 18.2 Å².